The van der Waals surface area contributed by atoms with E-state index in [1.54, 1.807) is 30.3 Å². The van der Waals surface area contributed by atoms with Crippen molar-refractivity contribution < 1.29 is 18.0 Å². The quantitative estimate of drug-likeness (QED) is 0.690. The normalized spacial score (nSPS) is 17.7. The maximum atomic E-state index is 12.4. The van der Waals surface area contributed by atoms with Gasteiger partial charge in [0, 0.05) is 28.9 Å². The summed E-state index contributed by atoms with van der Waals surface area (Å²) in [6.07, 6.45) is 0.403. The number of rotatable bonds is 5. The van der Waals surface area contributed by atoms with Crippen LogP contribution < -0.4 is 16.0 Å². The van der Waals surface area contributed by atoms with Crippen LogP contribution in [0.1, 0.15) is 22.3 Å². The van der Waals surface area contributed by atoms with Gasteiger partial charge in [-0.15, -0.1) is 0 Å². The topological polar surface area (TPSA) is 104 Å². The molecule has 1 heterocycles. The molecule has 1 aliphatic heterocycles. The molecule has 0 radical (unpaired) electrons. The van der Waals surface area contributed by atoms with Crippen LogP contribution in [0.25, 0.3) is 0 Å². The zero-order valence-electron chi connectivity index (χ0n) is 14.9. The Morgan fingerprint density at radius 1 is 1.11 bits per heavy atom. The van der Waals surface area contributed by atoms with Crippen molar-refractivity contribution in [1.82, 2.24) is 10.6 Å². The summed E-state index contributed by atoms with van der Waals surface area (Å²) in [5, 5.41) is 8.63. The molecule has 2 aromatic carbocycles. The molecule has 3 N–H and O–H groups in total. The number of carbonyl (C=O) groups excluding carboxylic acids is 2. The molecule has 0 spiro atoms. The molecule has 9 heteroatoms. The van der Waals surface area contributed by atoms with Crippen LogP contribution in [-0.2, 0) is 16.4 Å². The van der Waals surface area contributed by atoms with Crippen molar-refractivity contribution in [2.24, 2.45) is 0 Å². The van der Waals surface area contributed by atoms with Crippen LogP contribution >= 0.6 is 11.6 Å². The molecule has 3 amide bonds. The third-order valence-electron chi connectivity index (χ3n) is 4.35. The van der Waals surface area contributed by atoms with Gasteiger partial charge in [0.15, 0.2) is 9.84 Å². The smallest absolute Gasteiger partial charge is 0.319 e. The van der Waals surface area contributed by atoms with E-state index in [1.165, 1.54) is 0 Å². The van der Waals surface area contributed by atoms with Crippen LogP contribution in [0.4, 0.5) is 10.5 Å². The van der Waals surface area contributed by atoms with Crippen LogP contribution in [0.15, 0.2) is 48.5 Å². The van der Waals surface area contributed by atoms with Gasteiger partial charge in [-0.3, -0.25) is 4.79 Å². The molecule has 0 aliphatic carbocycles. The second kappa shape index (κ2) is 8.62. The van der Waals surface area contributed by atoms with E-state index in [1.807, 2.05) is 18.2 Å². The van der Waals surface area contributed by atoms with E-state index in [-0.39, 0.29) is 24.0 Å². The molecule has 1 saturated heterocycles. The fourth-order valence-corrected chi connectivity index (χ4v) is 4.79. The van der Waals surface area contributed by atoms with Crippen LogP contribution in [0, 0.1) is 0 Å². The monoisotopic (exact) mass is 421 g/mol. The number of sulfone groups is 1. The highest BCUT2D eigenvalue weighted by atomic mass is 35.5. The van der Waals surface area contributed by atoms with E-state index >= 15 is 0 Å². The van der Waals surface area contributed by atoms with Crippen molar-refractivity contribution in [2.45, 2.75) is 19.0 Å². The zero-order valence-corrected chi connectivity index (χ0v) is 16.5. The molecule has 7 nitrogen and oxygen atoms in total. The predicted molar refractivity (Wildman–Crippen MR) is 108 cm³/mol. The Morgan fingerprint density at radius 3 is 2.61 bits per heavy atom. The van der Waals surface area contributed by atoms with Gasteiger partial charge in [-0.1, -0.05) is 35.9 Å². The Morgan fingerprint density at radius 2 is 1.89 bits per heavy atom. The van der Waals surface area contributed by atoms with Gasteiger partial charge in [0.1, 0.15) is 0 Å². The first-order valence-corrected chi connectivity index (χ1v) is 10.9. The van der Waals surface area contributed by atoms with Gasteiger partial charge in [0.2, 0.25) is 0 Å². The maximum absolute atomic E-state index is 12.4. The largest absolute Gasteiger partial charge is 0.348 e. The number of carbonyl (C=O) groups is 2. The Hall–Kier alpha value is -2.58. The molecule has 2 aromatic rings. The Balaban J connectivity index is 1.56. The van der Waals surface area contributed by atoms with Gasteiger partial charge in [0.25, 0.3) is 5.91 Å². The predicted octanol–water partition coefficient (Wildman–Crippen LogP) is 2.58. The van der Waals surface area contributed by atoms with Gasteiger partial charge in [0.05, 0.1) is 11.5 Å². The first kappa shape index (κ1) is 20.2. The highest BCUT2D eigenvalue weighted by Gasteiger charge is 2.28. The summed E-state index contributed by atoms with van der Waals surface area (Å²) in [6, 6.07) is 12.8. The Labute approximate surface area is 168 Å². The van der Waals surface area contributed by atoms with Crippen molar-refractivity contribution in [1.29, 1.82) is 0 Å². The first-order chi connectivity index (χ1) is 13.3. The number of hydrogen-bond donors (Lipinski definition) is 3. The standard InChI is InChI=1S/C19H20ClN3O4S/c20-17-7-2-1-4-14(17)11-21-18(24)13-5-3-6-15(10-13)22-19(25)23-16-8-9-28(26,27)12-16/h1-7,10,16H,8-9,11-12H2,(H,21,24)(H2,22,23,25). The van der Waals surface area contributed by atoms with Crippen molar-refractivity contribution in [2.75, 3.05) is 16.8 Å². The van der Waals surface area contributed by atoms with E-state index in [2.05, 4.69) is 16.0 Å². The van der Waals surface area contributed by atoms with Crippen molar-refractivity contribution >= 4 is 39.1 Å². The Kier molecular flexibility index (Phi) is 6.21. The number of anilines is 1. The first-order valence-electron chi connectivity index (χ1n) is 8.72. The lowest BCUT2D eigenvalue weighted by Crippen LogP contribution is -2.38. The second-order valence-corrected chi connectivity index (χ2v) is 9.19. The average molecular weight is 422 g/mol. The molecule has 1 atom stereocenters. The molecule has 0 saturated carbocycles. The zero-order chi connectivity index (χ0) is 20.1. The number of hydrogen-bond acceptors (Lipinski definition) is 4. The number of benzene rings is 2. The van der Waals surface area contributed by atoms with Crippen LogP contribution in [0.3, 0.4) is 0 Å². The average Bonchev–Trinajstić information content (AvgIpc) is 2.99. The third kappa shape index (κ3) is 5.46. The molecule has 0 bridgehead atoms. The molecule has 0 aromatic heterocycles. The lowest BCUT2D eigenvalue weighted by Gasteiger charge is -2.13. The summed E-state index contributed by atoms with van der Waals surface area (Å²) >= 11 is 6.08. The van der Waals surface area contributed by atoms with Crippen molar-refractivity contribution in [3.63, 3.8) is 0 Å². The fraction of sp³-hybridized carbons (Fsp3) is 0.263. The number of amides is 3. The summed E-state index contributed by atoms with van der Waals surface area (Å²) in [4.78, 5) is 24.4. The highest BCUT2D eigenvalue weighted by molar-refractivity contribution is 7.91. The van der Waals surface area contributed by atoms with E-state index in [9.17, 15) is 18.0 Å². The summed E-state index contributed by atoms with van der Waals surface area (Å²) in [5.74, 6) is -0.268. The van der Waals surface area contributed by atoms with Crippen molar-refractivity contribution in [3.8, 4) is 0 Å². The summed E-state index contributed by atoms with van der Waals surface area (Å²) < 4.78 is 22.9. The molecule has 1 fully saturated rings. The number of urea groups is 1. The second-order valence-electron chi connectivity index (χ2n) is 6.55. The van der Waals surface area contributed by atoms with Gasteiger partial charge in [-0.25, -0.2) is 13.2 Å². The van der Waals surface area contributed by atoms with Gasteiger partial charge in [-0.2, -0.15) is 0 Å². The van der Waals surface area contributed by atoms with E-state index in [0.29, 0.717) is 22.7 Å². The van der Waals surface area contributed by atoms with Gasteiger partial charge >= 0.3 is 6.03 Å². The maximum Gasteiger partial charge on any atom is 0.319 e. The molecule has 1 aliphatic rings. The van der Waals surface area contributed by atoms with E-state index in [0.717, 1.165) is 5.56 Å². The van der Waals surface area contributed by atoms with Crippen LogP contribution in [0.5, 0.6) is 0 Å². The fourth-order valence-electron chi connectivity index (χ4n) is 2.92. The van der Waals surface area contributed by atoms with Gasteiger partial charge in [-0.05, 0) is 36.2 Å². The minimum Gasteiger partial charge on any atom is -0.348 e. The highest BCUT2D eigenvalue weighted by Crippen LogP contribution is 2.16. The lowest BCUT2D eigenvalue weighted by atomic mass is 10.1. The van der Waals surface area contributed by atoms with Crippen LogP contribution in [-0.4, -0.2) is 37.9 Å². The molecule has 28 heavy (non-hydrogen) atoms. The van der Waals surface area contributed by atoms with E-state index < -0.39 is 21.9 Å². The minimum atomic E-state index is -3.07. The molecule has 3 rings (SSSR count). The summed E-state index contributed by atoms with van der Waals surface area (Å²) in [7, 11) is -3.07. The number of nitrogens with one attached hydrogen (secondary N) is 3. The summed E-state index contributed by atoms with van der Waals surface area (Å²) in [5.41, 5.74) is 1.62. The van der Waals surface area contributed by atoms with Crippen molar-refractivity contribution in [3.05, 3.63) is 64.7 Å². The summed E-state index contributed by atoms with van der Waals surface area (Å²) in [6.45, 7) is 0.285. The van der Waals surface area contributed by atoms with E-state index in [4.69, 9.17) is 11.6 Å². The molecule has 1 unspecified atom stereocenters. The number of halogens is 1. The lowest BCUT2D eigenvalue weighted by molar-refractivity contribution is 0.0951. The molecular formula is C19H20ClN3O4S. The minimum absolute atomic E-state index is 0.0507. The Bertz CT molecular complexity index is 994. The molecule has 148 valence electrons. The molecular weight excluding hydrogens is 402 g/mol. The van der Waals surface area contributed by atoms with Gasteiger partial charge < -0.3 is 16.0 Å². The third-order valence-corrected chi connectivity index (χ3v) is 6.48. The SMILES string of the molecule is O=C(Nc1cccc(C(=O)NCc2ccccc2Cl)c1)NC1CCS(=O)(=O)C1. The van der Waals surface area contributed by atoms with Crippen LogP contribution in [0.2, 0.25) is 5.02 Å².